The van der Waals surface area contributed by atoms with Gasteiger partial charge in [-0.1, -0.05) is 12.1 Å². The molecule has 0 aromatic heterocycles. The lowest BCUT2D eigenvalue weighted by atomic mass is 10.1. The van der Waals surface area contributed by atoms with Crippen molar-refractivity contribution in [3.63, 3.8) is 0 Å². The molecule has 1 aliphatic heterocycles. The minimum absolute atomic E-state index is 0.359. The molecule has 20 heavy (non-hydrogen) atoms. The molecule has 7 nitrogen and oxygen atoms in total. The van der Waals surface area contributed by atoms with E-state index in [0.29, 0.717) is 30.5 Å². The Bertz CT molecular complexity index is 482. The first-order valence-corrected chi connectivity index (χ1v) is 6.01. The molecule has 1 unspecified atom stereocenters. The third-order valence-corrected chi connectivity index (χ3v) is 2.59. The van der Waals surface area contributed by atoms with Gasteiger partial charge in [0.05, 0.1) is 11.1 Å². The smallest absolute Gasteiger partial charge is 0.346 e. The summed E-state index contributed by atoms with van der Waals surface area (Å²) >= 11 is 0. The van der Waals surface area contributed by atoms with Crippen molar-refractivity contribution in [3.8, 4) is 0 Å². The number of nitrogens with two attached hydrogens (primary N) is 2. The largest absolute Gasteiger partial charge is 0.480 e. The lowest BCUT2D eigenvalue weighted by molar-refractivity contribution is -0.138. The van der Waals surface area contributed by atoms with Crippen molar-refractivity contribution in [2.24, 2.45) is 11.5 Å². The fourth-order valence-electron chi connectivity index (χ4n) is 1.49. The highest BCUT2D eigenvalue weighted by atomic mass is 16.6. The van der Waals surface area contributed by atoms with E-state index in [-0.39, 0.29) is 0 Å². The van der Waals surface area contributed by atoms with Gasteiger partial charge in [0.15, 0.2) is 0 Å². The highest BCUT2D eigenvalue weighted by Crippen LogP contribution is 2.18. The Labute approximate surface area is 115 Å². The Hall–Kier alpha value is -2.25. The number of hydrogen-bond acceptors (Lipinski definition) is 6. The number of fused-ring (bicyclic) bond motifs is 1. The van der Waals surface area contributed by atoms with E-state index in [9.17, 15) is 14.4 Å². The molecule has 2 rings (SSSR count). The Morgan fingerprint density at radius 1 is 1.20 bits per heavy atom. The number of rotatable bonds is 4. The average Bonchev–Trinajstić information content (AvgIpc) is 2.72. The Balaban J connectivity index is 0.000000206. The van der Waals surface area contributed by atoms with Crippen LogP contribution in [0.2, 0.25) is 0 Å². The van der Waals surface area contributed by atoms with Crippen LogP contribution in [0.4, 0.5) is 0 Å². The number of ether oxygens (including phenoxy) is 1. The van der Waals surface area contributed by atoms with Crippen LogP contribution in [-0.2, 0) is 9.53 Å². The zero-order chi connectivity index (χ0) is 15.1. The lowest BCUT2D eigenvalue weighted by Gasteiger charge is -2.02. The summed E-state index contributed by atoms with van der Waals surface area (Å²) in [5.41, 5.74) is 11.0. The summed E-state index contributed by atoms with van der Waals surface area (Å²) in [6.45, 7) is 0.501. The summed E-state index contributed by atoms with van der Waals surface area (Å²) in [4.78, 5) is 31.7. The Morgan fingerprint density at radius 2 is 1.70 bits per heavy atom. The molecule has 0 radical (unpaired) electrons. The van der Waals surface area contributed by atoms with Gasteiger partial charge in [-0.05, 0) is 31.5 Å². The molecular formula is C13H16N2O5. The van der Waals surface area contributed by atoms with Crippen molar-refractivity contribution < 1.29 is 24.2 Å². The second-order valence-corrected chi connectivity index (χ2v) is 4.10. The number of aliphatic carboxylic acids is 1. The number of carboxylic acid groups (broad SMARTS) is 1. The molecule has 0 aliphatic carbocycles. The van der Waals surface area contributed by atoms with E-state index in [0.717, 1.165) is 0 Å². The van der Waals surface area contributed by atoms with Crippen LogP contribution < -0.4 is 11.5 Å². The molecule has 0 bridgehead atoms. The lowest BCUT2D eigenvalue weighted by Crippen LogP contribution is -2.30. The van der Waals surface area contributed by atoms with Gasteiger partial charge >= 0.3 is 17.9 Å². The molecule has 0 saturated heterocycles. The topological polar surface area (TPSA) is 133 Å². The minimum Gasteiger partial charge on any atom is -0.480 e. The molecule has 7 heteroatoms. The van der Waals surface area contributed by atoms with E-state index in [4.69, 9.17) is 16.6 Å². The number of benzene rings is 1. The van der Waals surface area contributed by atoms with Crippen LogP contribution in [0.25, 0.3) is 0 Å². The number of esters is 2. The van der Waals surface area contributed by atoms with Crippen molar-refractivity contribution in [1.29, 1.82) is 0 Å². The molecule has 1 aliphatic rings. The second kappa shape index (κ2) is 7.37. The van der Waals surface area contributed by atoms with Crippen LogP contribution in [-0.4, -0.2) is 35.6 Å². The van der Waals surface area contributed by atoms with Crippen molar-refractivity contribution in [2.45, 2.75) is 18.9 Å². The number of carboxylic acids is 1. The van der Waals surface area contributed by atoms with Crippen molar-refractivity contribution in [3.05, 3.63) is 35.4 Å². The molecule has 1 aromatic rings. The zero-order valence-corrected chi connectivity index (χ0v) is 10.7. The maximum atomic E-state index is 10.8. The number of carbonyl (C=O) groups excluding carboxylic acids is 2. The number of hydrogen-bond donors (Lipinski definition) is 3. The summed E-state index contributed by atoms with van der Waals surface area (Å²) in [6.07, 6.45) is 1.14. The maximum absolute atomic E-state index is 10.8. The third-order valence-electron chi connectivity index (χ3n) is 2.59. The minimum atomic E-state index is -0.955. The van der Waals surface area contributed by atoms with Crippen molar-refractivity contribution >= 4 is 17.9 Å². The summed E-state index contributed by atoms with van der Waals surface area (Å²) in [5, 5.41) is 8.24. The van der Waals surface area contributed by atoms with Gasteiger partial charge in [0.25, 0.3) is 0 Å². The fraction of sp³-hybridized carbons (Fsp3) is 0.308. The van der Waals surface area contributed by atoms with E-state index in [1.807, 2.05) is 0 Å². The molecule has 0 saturated carbocycles. The highest BCUT2D eigenvalue weighted by Gasteiger charge is 2.28. The first-order chi connectivity index (χ1) is 9.47. The summed E-state index contributed by atoms with van der Waals surface area (Å²) in [7, 11) is 0. The van der Waals surface area contributed by atoms with Crippen LogP contribution >= 0.6 is 0 Å². The number of carbonyl (C=O) groups is 3. The summed E-state index contributed by atoms with van der Waals surface area (Å²) < 4.78 is 4.35. The van der Waals surface area contributed by atoms with Gasteiger partial charge < -0.3 is 21.3 Å². The van der Waals surface area contributed by atoms with Crippen LogP contribution in [0.5, 0.6) is 0 Å². The first-order valence-electron chi connectivity index (χ1n) is 6.01. The van der Waals surface area contributed by atoms with Crippen LogP contribution in [0.3, 0.4) is 0 Å². The Kier molecular flexibility index (Phi) is 5.82. The zero-order valence-electron chi connectivity index (χ0n) is 10.7. The van der Waals surface area contributed by atoms with Gasteiger partial charge in [-0.3, -0.25) is 4.79 Å². The van der Waals surface area contributed by atoms with Crippen LogP contribution in [0.1, 0.15) is 33.6 Å². The van der Waals surface area contributed by atoms with Gasteiger partial charge in [-0.15, -0.1) is 0 Å². The standard InChI is InChI=1S/C8H4O3.C5H12N2O2/c9-7-5-3-1-2-4-6(5)8(10)11-7;6-3-1-2-4(7)5(8)9/h1-4H;4H,1-3,6-7H2,(H,8,9). The van der Waals surface area contributed by atoms with E-state index in [1.165, 1.54) is 0 Å². The first kappa shape index (κ1) is 15.8. The summed E-state index contributed by atoms with van der Waals surface area (Å²) in [5.74, 6) is -2.06. The van der Waals surface area contributed by atoms with Crippen LogP contribution in [0.15, 0.2) is 24.3 Å². The predicted molar refractivity (Wildman–Crippen MR) is 70.1 cm³/mol. The number of cyclic esters (lactones) is 2. The molecule has 1 atom stereocenters. The molecule has 5 N–H and O–H groups in total. The van der Waals surface area contributed by atoms with Crippen molar-refractivity contribution in [1.82, 2.24) is 0 Å². The molecule has 108 valence electrons. The third kappa shape index (κ3) is 4.15. The van der Waals surface area contributed by atoms with Gasteiger partial charge in [-0.2, -0.15) is 0 Å². The molecule has 1 heterocycles. The van der Waals surface area contributed by atoms with Gasteiger partial charge in [0.2, 0.25) is 0 Å². The van der Waals surface area contributed by atoms with Crippen LogP contribution in [0, 0.1) is 0 Å². The SMILES string of the molecule is NCCCC(N)C(=O)O.O=C1OC(=O)c2ccccc21. The van der Waals surface area contributed by atoms with Gasteiger partial charge in [-0.25, -0.2) is 9.59 Å². The van der Waals surface area contributed by atoms with E-state index >= 15 is 0 Å². The van der Waals surface area contributed by atoms with E-state index in [1.54, 1.807) is 24.3 Å². The fourth-order valence-corrected chi connectivity index (χ4v) is 1.49. The van der Waals surface area contributed by atoms with Crippen molar-refractivity contribution in [2.75, 3.05) is 6.54 Å². The predicted octanol–water partition coefficient (Wildman–Crippen LogP) is 0.134. The monoisotopic (exact) mass is 280 g/mol. The normalized spacial score (nSPS) is 13.9. The second-order valence-electron chi connectivity index (χ2n) is 4.10. The maximum Gasteiger partial charge on any atom is 0.346 e. The molecule has 0 spiro atoms. The molecule has 0 fully saturated rings. The van der Waals surface area contributed by atoms with E-state index in [2.05, 4.69) is 4.74 Å². The van der Waals surface area contributed by atoms with Gasteiger partial charge in [0, 0.05) is 0 Å². The Morgan fingerprint density at radius 3 is 2.10 bits per heavy atom. The average molecular weight is 280 g/mol. The van der Waals surface area contributed by atoms with E-state index < -0.39 is 23.9 Å². The quantitative estimate of drug-likeness (QED) is 0.527. The summed E-state index contributed by atoms with van der Waals surface area (Å²) in [6, 6.07) is 5.79. The molecular weight excluding hydrogens is 264 g/mol. The van der Waals surface area contributed by atoms with Gasteiger partial charge in [0.1, 0.15) is 6.04 Å². The highest BCUT2D eigenvalue weighted by molar-refractivity contribution is 6.14. The molecule has 1 aromatic carbocycles. The molecule has 0 amide bonds.